The predicted molar refractivity (Wildman–Crippen MR) is 105 cm³/mol. The minimum absolute atomic E-state index is 0.275. The van der Waals surface area contributed by atoms with E-state index in [1.165, 1.54) is 36.0 Å². The molecule has 1 saturated heterocycles. The average molecular weight is 401 g/mol. The van der Waals surface area contributed by atoms with Crippen molar-refractivity contribution in [2.24, 2.45) is 0 Å². The molecule has 1 heterocycles. The maximum Gasteiger partial charge on any atom is 0.325 e. The zero-order valence-electron chi connectivity index (χ0n) is 15.5. The average Bonchev–Trinajstić information content (AvgIpc) is 2.93. The molecule has 2 aromatic carbocycles. The normalized spacial score (nSPS) is 18.9. The minimum atomic E-state index is -1.30. The van der Waals surface area contributed by atoms with Crippen LogP contribution in [0, 0.1) is 5.82 Å². The van der Waals surface area contributed by atoms with E-state index in [1.807, 2.05) is 24.5 Å². The summed E-state index contributed by atoms with van der Waals surface area (Å²) in [5.41, 5.74) is -0.237. The highest BCUT2D eigenvalue weighted by molar-refractivity contribution is 7.98. The molecular formula is C20H20FN3O3S. The number of halogens is 1. The van der Waals surface area contributed by atoms with E-state index in [2.05, 4.69) is 10.6 Å². The molecule has 1 atom stereocenters. The first-order valence-corrected chi connectivity index (χ1v) is 9.96. The summed E-state index contributed by atoms with van der Waals surface area (Å²) < 4.78 is 13.2. The summed E-state index contributed by atoms with van der Waals surface area (Å²) in [4.78, 5) is 39.7. The van der Waals surface area contributed by atoms with Gasteiger partial charge < -0.3 is 10.6 Å². The van der Waals surface area contributed by atoms with Crippen LogP contribution >= 0.6 is 11.8 Å². The summed E-state index contributed by atoms with van der Waals surface area (Å²) in [6.45, 7) is 1.34. The van der Waals surface area contributed by atoms with Crippen molar-refractivity contribution in [2.45, 2.75) is 23.8 Å². The Morgan fingerprint density at radius 1 is 1.21 bits per heavy atom. The first-order chi connectivity index (χ1) is 13.4. The van der Waals surface area contributed by atoms with Crippen LogP contribution in [0.2, 0.25) is 0 Å². The molecule has 146 valence electrons. The molecule has 0 radical (unpaired) electrons. The van der Waals surface area contributed by atoms with Crippen molar-refractivity contribution in [3.8, 4) is 0 Å². The lowest BCUT2D eigenvalue weighted by Gasteiger charge is -2.25. The Hall–Kier alpha value is -2.87. The highest BCUT2D eigenvalue weighted by atomic mass is 32.2. The van der Waals surface area contributed by atoms with E-state index >= 15 is 0 Å². The lowest BCUT2D eigenvalue weighted by molar-refractivity contribution is -0.134. The number of anilines is 1. The van der Waals surface area contributed by atoms with Crippen LogP contribution in [-0.2, 0) is 15.1 Å². The van der Waals surface area contributed by atoms with Gasteiger partial charge in [0.25, 0.3) is 5.91 Å². The molecule has 0 unspecified atom stereocenters. The molecule has 2 aromatic rings. The largest absolute Gasteiger partial charge is 0.325 e. The van der Waals surface area contributed by atoms with Gasteiger partial charge in [0.15, 0.2) is 0 Å². The molecule has 6 nitrogen and oxygen atoms in total. The second-order valence-corrected chi connectivity index (χ2v) is 7.25. The van der Waals surface area contributed by atoms with E-state index in [0.29, 0.717) is 11.3 Å². The molecule has 0 bridgehead atoms. The van der Waals surface area contributed by atoms with Crippen molar-refractivity contribution in [3.05, 3.63) is 59.9 Å². The van der Waals surface area contributed by atoms with Crippen molar-refractivity contribution in [1.82, 2.24) is 10.2 Å². The molecule has 8 heteroatoms. The highest BCUT2D eigenvalue weighted by Crippen LogP contribution is 2.32. The van der Waals surface area contributed by atoms with Crippen molar-refractivity contribution >= 4 is 35.3 Å². The molecule has 0 spiro atoms. The van der Waals surface area contributed by atoms with Crippen LogP contribution in [0.1, 0.15) is 18.9 Å². The Labute approximate surface area is 166 Å². The zero-order chi connectivity index (χ0) is 20.3. The maximum atomic E-state index is 13.2. The fraction of sp³-hybridized carbons (Fsp3) is 0.250. The van der Waals surface area contributed by atoms with Crippen molar-refractivity contribution in [3.63, 3.8) is 0 Å². The number of imide groups is 1. The molecule has 3 rings (SSSR count). The molecule has 0 saturated carbocycles. The number of rotatable bonds is 6. The predicted octanol–water partition coefficient (Wildman–Crippen LogP) is 3.34. The summed E-state index contributed by atoms with van der Waals surface area (Å²) in [5.74, 6) is -1.44. The van der Waals surface area contributed by atoms with E-state index in [9.17, 15) is 18.8 Å². The number of carbonyl (C=O) groups is 3. The Morgan fingerprint density at radius 3 is 2.57 bits per heavy atom. The number of hydrogen-bond acceptors (Lipinski definition) is 4. The molecule has 0 aromatic heterocycles. The maximum absolute atomic E-state index is 13.2. The van der Waals surface area contributed by atoms with Gasteiger partial charge in [0.1, 0.15) is 17.9 Å². The molecule has 1 aliphatic heterocycles. The molecular weight excluding hydrogens is 381 g/mol. The Kier molecular flexibility index (Phi) is 5.69. The number of thioether (sulfide) groups is 1. The van der Waals surface area contributed by atoms with Crippen LogP contribution in [0.25, 0.3) is 0 Å². The molecule has 1 fully saturated rings. The van der Waals surface area contributed by atoms with E-state index in [4.69, 9.17) is 0 Å². The Morgan fingerprint density at radius 2 is 1.93 bits per heavy atom. The Balaban J connectivity index is 1.77. The summed E-state index contributed by atoms with van der Waals surface area (Å²) >= 11 is 1.54. The van der Waals surface area contributed by atoms with Crippen molar-refractivity contribution < 1.29 is 18.8 Å². The second-order valence-electron chi connectivity index (χ2n) is 6.37. The lowest BCUT2D eigenvalue weighted by atomic mass is 9.87. The van der Waals surface area contributed by atoms with Crippen LogP contribution in [0.15, 0.2) is 53.4 Å². The molecule has 2 N–H and O–H groups in total. The highest BCUT2D eigenvalue weighted by Gasteiger charge is 2.51. The number of amides is 4. The number of nitrogens with zero attached hydrogens (tertiary/aromatic N) is 1. The minimum Gasteiger partial charge on any atom is -0.324 e. The third kappa shape index (κ3) is 3.73. The van der Waals surface area contributed by atoms with Crippen LogP contribution < -0.4 is 10.6 Å². The van der Waals surface area contributed by atoms with Crippen molar-refractivity contribution in [1.29, 1.82) is 0 Å². The topological polar surface area (TPSA) is 78.5 Å². The van der Waals surface area contributed by atoms with E-state index in [1.54, 1.807) is 13.0 Å². The van der Waals surface area contributed by atoms with Gasteiger partial charge in [-0.15, -0.1) is 11.8 Å². The third-order valence-corrected chi connectivity index (χ3v) is 5.42. The molecule has 1 aliphatic rings. The smallest absolute Gasteiger partial charge is 0.324 e. The molecule has 4 amide bonds. The fourth-order valence-corrected chi connectivity index (χ4v) is 3.65. The van der Waals surface area contributed by atoms with Crippen LogP contribution in [0.4, 0.5) is 14.9 Å². The van der Waals surface area contributed by atoms with Crippen molar-refractivity contribution in [2.75, 3.05) is 18.1 Å². The summed E-state index contributed by atoms with van der Waals surface area (Å²) in [6.07, 6.45) is 2.20. The van der Waals surface area contributed by atoms with Gasteiger partial charge in [-0.1, -0.05) is 25.1 Å². The van der Waals surface area contributed by atoms with E-state index < -0.39 is 35.7 Å². The van der Waals surface area contributed by atoms with Crippen LogP contribution in [-0.4, -0.2) is 35.5 Å². The number of urea groups is 1. The van der Waals surface area contributed by atoms with E-state index in [-0.39, 0.29) is 6.42 Å². The summed E-state index contributed by atoms with van der Waals surface area (Å²) in [6, 6.07) is 12.0. The molecule has 28 heavy (non-hydrogen) atoms. The second kappa shape index (κ2) is 8.02. The Bertz CT molecular complexity index is 919. The fourth-order valence-electron chi connectivity index (χ4n) is 3.19. The van der Waals surface area contributed by atoms with E-state index in [0.717, 1.165) is 9.80 Å². The van der Waals surface area contributed by atoms with Gasteiger partial charge in [-0.05, 0) is 48.6 Å². The van der Waals surface area contributed by atoms with Crippen LogP contribution in [0.3, 0.4) is 0 Å². The lowest BCUT2D eigenvalue weighted by Crippen LogP contribution is -2.44. The van der Waals surface area contributed by atoms with Gasteiger partial charge in [-0.25, -0.2) is 9.18 Å². The van der Waals surface area contributed by atoms with Gasteiger partial charge in [-0.2, -0.15) is 0 Å². The SMILES string of the molecule is CC[C@]1(c2ccc(F)cc2)NC(=O)N(CC(=O)Nc2cccc(SC)c2)C1=O. The quantitative estimate of drug-likeness (QED) is 0.575. The number of nitrogens with one attached hydrogen (secondary N) is 2. The number of benzene rings is 2. The summed E-state index contributed by atoms with van der Waals surface area (Å²) in [7, 11) is 0. The summed E-state index contributed by atoms with van der Waals surface area (Å²) in [5, 5.41) is 5.37. The number of carbonyl (C=O) groups excluding carboxylic acids is 3. The van der Waals surface area contributed by atoms with Gasteiger partial charge in [0.2, 0.25) is 5.91 Å². The van der Waals surface area contributed by atoms with Crippen LogP contribution in [0.5, 0.6) is 0 Å². The first kappa shape index (κ1) is 19.9. The zero-order valence-corrected chi connectivity index (χ0v) is 16.3. The number of hydrogen-bond donors (Lipinski definition) is 2. The van der Waals surface area contributed by atoms with Gasteiger partial charge in [0.05, 0.1) is 0 Å². The van der Waals surface area contributed by atoms with Gasteiger partial charge in [0, 0.05) is 10.6 Å². The molecule has 0 aliphatic carbocycles. The standard InChI is InChI=1S/C20H20FN3O3S/c1-3-20(13-7-9-14(21)10-8-13)18(26)24(19(27)23-20)12-17(25)22-15-5-4-6-16(11-15)28-2/h4-11H,3,12H2,1-2H3,(H,22,25)(H,23,27)/t20-/m1/s1. The first-order valence-electron chi connectivity index (χ1n) is 8.73. The monoisotopic (exact) mass is 401 g/mol. The van der Waals surface area contributed by atoms with Gasteiger partial charge >= 0.3 is 6.03 Å². The van der Waals surface area contributed by atoms with Gasteiger partial charge in [-0.3, -0.25) is 14.5 Å². The third-order valence-electron chi connectivity index (χ3n) is 4.70.